The normalized spacial score (nSPS) is 11.8. The molecule has 0 aliphatic heterocycles. The van der Waals surface area contributed by atoms with E-state index < -0.39 is 0 Å². The highest BCUT2D eigenvalue weighted by Crippen LogP contribution is 2.28. The lowest BCUT2D eigenvalue weighted by Gasteiger charge is -2.17. The van der Waals surface area contributed by atoms with Crippen LogP contribution in [0, 0.1) is 67.2 Å². The maximum Gasteiger partial charge on any atom is 0 e. The number of hydrogen-bond acceptors (Lipinski definition) is 0. The minimum Gasteiger partial charge on any atom is -0.0683 e. The van der Waals surface area contributed by atoms with Gasteiger partial charge in [-0.1, -0.05) is 453 Å². The molecule has 0 unspecified atom stereocenters. The van der Waals surface area contributed by atoms with Crippen molar-refractivity contribution in [3.05, 3.63) is 516 Å². The Morgan fingerprint density at radius 3 is 1.14 bits per heavy atom. The zero-order valence-electron chi connectivity index (χ0n) is 78.9. The third-order valence-electron chi connectivity index (χ3n) is 23.1. The first-order chi connectivity index (χ1) is 60.9. The summed E-state index contributed by atoms with van der Waals surface area (Å²) in [4.78, 5) is 0. The van der Waals surface area contributed by atoms with E-state index in [4.69, 9.17) is 0 Å². The first kappa shape index (κ1) is 100. The largest absolute Gasteiger partial charge is 0.0683 e. The summed E-state index contributed by atoms with van der Waals surface area (Å²) in [5.41, 5.74) is 33.8. The molecule has 0 bridgehead atoms. The molecule has 0 nitrogen and oxygen atoms in total. The van der Waals surface area contributed by atoms with Crippen molar-refractivity contribution in [3.63, 3.8) is 0 Å². The summed E-state index contributed by atoms with van der Waals surface area (Å²) >= 11 is 0. The van der Waals surface area contributed by atoms with Gasteiger partial charge in [0.2, 0.25) is 0 Å². The van der Waals surface area contributed by atoms with Crippen LogP contribution in [0.25, 0.3) is 16.8 Å². The van der Waals surface area contributed by atoms with Crippen LogP contribution in [0.15, 0.2) is 394 Å². The van der Waals surface area contributed by atoms with E-state index in [1.807, 2.05) is 91.0 Å². The predicted molar refractivity (Wildman–Crippen MR) is 554 cm³/mol. The summed E-state index contributed by atoms with van der Waals surface area (Å²) < 4.78 is 0. The van der Waals surface area contributed by atoms with Crippen molar-refractivity contribution in [1.82, 2.24) is 0 Å². The van der Waals surface area contributed by atoms with Crippen molar-refractivity contribution in [2.24, 2.45) is 11.8 Å². The molecule has 125 heavy (non-hydrogen) atoms. The first-order valence-electron chi connectivity index (χ1n) is 46.6. The predicted octanol–water partition coefficient (Wildman–Crippen LogP) is 34.5. The minimum absolute atomic E-state index is 0. The summed E-state index contributed by atoms with van der Waals surface area (Å²) in [5, 5.41) is 2.68. The Morgan fingerprint density at radius 2 is 0.680 bits per heavy atom. The summed E-state index contributed by atoms with van der Waals surface area (Å²) in [7, 11) is 0. The fourth-order valence-electron chi connectivity index (χ4n) is 15.8. The SMILES string of the molecule is CC(C)Cc1ccccc1.CC1=Cc2ccccc2C1.CC1Cc2ccccc2C1.CCCCc1ccccc1C.CCc1cccc(C)c1CC.Cc1cccc2c1CCCC2.Cc1cccc2ccccc12.Cc1ccccc1.Cc1ccccc1C.Cc1ccccc1Cc1ccccc1.[3HH].c1ccc2c(c1)CCCC2.c1ccccc1.c1ccccc1. The molecule has 0 atom stereocenters. The second-order valence-corrected chi connectivity index (χ2v) is 34.0. The van der Waals surface area contributed by atoms with Crippen LogP contribution in [0.4, 0.5) is 0 Å². The number of rotatable bonds is 9. The molecule has 15 aromatic rings. The van der Waals surface area contributed by atoms with Crippen molar-refractivity contribution in [1.29, 1.82) is 0 Å². The van der Waals surface area contributed by atoms with Gasteiger partial charge in [0, 0.05) is 1.43 Å². The molecule has 15 aromatic carbocycles. The molecule has 650 valence electrons. The fourth-order valence-corrected chi connectivity index (χ4v) is 15.8. The number of aryl methyl sites for hydroxylation is 13. The molecule has 0 radical (unpaired) electrons. The molecule has 0 fully saturated rings. The van der Waals surface area contributed by atoms with Crippen LogP contribution in [0.3, 0.4) is 0 Å². The first-order valence-corrected chi connectivity index (χ1v) is 46.6. The Hall–Kier alpha value is -11.7. The van der Waals surface area contributed by atoms with Crippen molar-refractivity contribution < 1.29 is 1.43 Å². The number of fused-ring (bicyclic) bond motifs is 5. The lowest BCUT2D eigenvalue weighted by Crippen LogP contribution is -2.03. The van der Waals surface area contributed by atoms with Crippen molar-refractivity contribution >= 4 is 16.8 Å². The van der Waals surface area contributed by atoms with Crippen LogP contribution in [-0.4, -0.2) is 0 Å². The molecule has 19 rings (SSSR count). The average molecular weight is 1650 g/mol. The maximum absolute atomic E-state index is 2.32. The van der Waals surface area contributed by atoms with Gasteiger partial charge >= 0.3 is 0 Å². The highest BCUT2D eigenvalue weighted by molar-refractivity contribution is 5.85. The Balaban J connectivity index is 0.000000212. The Bertz CT molecular complexity index is 5180. The molecule has 0 heteroatoms. The third-order valence-corrected chi connectivity index (χ3v) is 23.1. The van der Waals surface area contributed by atoms with Crippen LogP contribution < -0.4 is 0 Å². The van der Waals surface area contributed by atoms with Crippen molar-refractivity contribution in [2.75, 3.05) is 0 Å². The van der Waals surface area contributed by atoms with E-state index in [1.165, 1.54) is 195 Å². The summed E-state index contributed by atoms with van der Waals surface area (Å²) in [6.07, 6.45) is 25.1. The van der Waals surface area contributed by atoms with Crippen molar-refractivity contribution in [3.8, 4) is 0 Å². The van der Waals surface area contributed by atoms with Gasteiger partial charge in [-0.05, 0) is 311 Å². The second kappa shape index (κ2) is 60.0. The molecule has 0 heterocycles. The van der Waals surface area contributed by atoms with Crippen LogP contribution >= 0.6 is 0 Å². The standard InChI is InChI=1S/C14H14.C11H14.C11H10.2C11H16.C10H12.C10H10.C10H12.C10H14.C8H10.C7H8.2C6H6.H2/c1-12-7-5-6-10-14(12)11-13-8-3-2-4-9-13;2*1-9-5-4-7-10-6-2-3-8-11(9)10;1-4-10-8-6-7-9(3)11(10)5-2;1-3-4-8-11-9-6-5-7-10(11)2;2*1-8-6-9-4-2-3-5-10(9)7-8;1-2-6-10-8-4-3-7-9(10)5-1;1-9(2)8-10-6-4-3-5-7-10;1-7-5-3-4-6-8(7)2;1-7-5-3-2-4-6-7;2*1-2-4-6-5-3-1;/h2-10H,11H2,1H3;4-5,7H,2-3,6,8H2,1H3;2-8H,1H3;6-8H,4-5H2,1-3H3;5-7,9H,3-4,8H2,1-2H3;2-5,8H,6-7H2,1H3;2-6H,7H2,1H3;1-2,5-6H,3-4,7-8H2;3-7,9H,8H2,1-2H3;3-6H,1-2H3;2-6H,1H3;2*1-6H;1H/i;;;;;;;;;;;;;1+2. The van der Waals surface area contributed by atoms with E-state index in [1.54, 1.807) is 33.4 Å². The molecule has 0 aromatic heterocycles. The zero-order chi connectivity index (χ0) is 89.3. The highest BCUT2D eigenvalue weighted by atomic mass is 14.2. The van der Waals surface area contributed by atoms with E-state index in [0.29, 0.717) is 0 Å². The van der Waals surface area contributed by atoms with Crippen LogP contribution in [-0.2, 0) is 77.0 Å². The third kappa shape index (κ3) is 39.8. The van der Waals surface area contributed by atoms with Crippen molar-refractivity contribution in [2.45, 2.75) is 219 Å². The Morgan fingerprint density at radius 1 is 0.304 bits per heavy atom. The molecule has 0 spiro atoms. The average Bonchev–Trinajstić information content (AvgIpc) is 1.61. The van der Waals surface area contributed by atoms with E-state index in [2.05, 4.69) is 407 Å². The van der Waals surface area contributed by atoms with Gasteiger partial charge in [0.05, 0.1) is 0 Å². The quantitative estimate of drug-likeness (QED) is 0.135. The van der Waals surface area contributed by atoms with Gasteiger partial charge < -0.3 is 0 Å². The highest BCUT2D eigenvalue weighted by Gasteiger charge is 2.16. The van der Waals surface area contributed by atoms with E-state index >= 15 is 0 Å². The lowest BCUT2D eigenvalue weighted by molar-refractivity contribution is 0.628. The number of benzene rings is 15. The van der Waals surface area contributed by atoms with Gasteiger partial charge in [0.15, 0.2) is 0 Å². The van der Waals surface area contributed by atoms with Gasteiger partial charge in [-0.15, -0.1) is 0 Å². The van der Waals surface area contributed by atoms with E-state index in [-0.39, 0.29) is 1.43 Å². The Kier molecular flexibility index (Phi) is 48.2. The molecule has 0 saturated heterocycles. The maximum atomic E-state index is 2.32. The molecule has 4 aliphatic carbocycles. The summed E-state index contributed by atoms with van der Waals surface area (Å²) in [6.45, 7) is 32.9. The summed E-state index contributed by atoms with van der Waals surface area (Å²) in [6, 6.07) is 135. The molecular formula is C125H150. The van der Waals surface area contributed by atoms with Gasteiger partial charge in [-0.2, -0.15) is 0 Å². The smallest absolute Gasteiger partial charge is 0 e. The van der Waals surface area contributed by atoms with Gasteiger partial charge in [0.25, 0.3) is 0 Å². The molecule has 0 N–H and O–H groups in total. The number of unbranched alkanes of at least 4 members (excludes halogenated alkanes) is 1. The van der Waals surface area contributed by atoms with E-state index in [0.717, 1.165) is 37.5 Å². The van der Waals surface area contributed by atoms with Gasteiger partial charge in [-0.3, -0.25) is 0 Å². The molecule has 0 saturated carbocycles. The molecule has 4 aliphatic rings. The topological polar surface area (TPSA) is 0 Å². The van der Waals surface area contributed by atoms with E-state index in [9.17, 15) is 0 Å². The molecule has 0 amide bonds. The van der Waals surface area contributed by atoms with Gasteiger partial charge in [-0.25, -0.2) is 0 Å². The number of hydrogen-bond donors (Lipinski definition) is 0. The Labute approximate surface area is 760 Å². The second-order valence-electron chi connectivity index (χ2n) is 34.0. The zero-order valence-corrected chi connectivity index (χ0v) is 78.9. The van der Waals surface area contributed by atoms with Crippen LogP contribution in [0.2, 0.25) is 0 Å². The number of allylic oxidation sites excluding steroid dienone is 1. The van der Waals surface area contributed by atoms with Gasteiger partial charge in [0.1, 0.15) is 0 Å². The monoisotopic (exact) mass is 1650 g/mol. The molecular weight excluding hydrogens is 1500 g/mol. The van der Waals surface area contributed by atoms with Crippen LogP contribution in [0.1, 0.15) is 211 Å². The fraction of sp³-hybridized carbons (Fsp3) is 0.280. The van der Waals surface area contributed by atoms with Crippen LogP contribution in [0.5, 0.6) is 0 Å². The minimum atomic E-state index is 0. The summed E-state index contributed by atoms with van der Waals surface area (Å²) in [5.74, 6) is 1.64. The lowest BCUT2D eigenvalue weighted by atomic mass is 9.89.